The van der Waals surface area contributed by atoms with Crippen molar-refractivity contribution in [2.75, 3.05) is 0 Å². The molecule has 0 spiro atoms. The number of hydrogen-bond acceptors (Lipinski definition) is 4. The highest BCUT2D eigenvalue weighted by atomic mass is 19.1. The number of para-hydroxylation sites is 2. The second-order valence-electron chi connectivity index (χ2n) is 4.61. The summed E-state index contributed by atoms with van der Waals surface area (Å²) in [6.45, 7) is -0.164. The number of ether oxygens (including phenoxy) is 1. The van der Waals surface area contributed by atoms with Gasteiger partial charge in [0.25, 0.3) is 0 Å². The lowest BCUT2D eigenvalue weighted by molar-refractivity contribution is 0.263. The molecule has 112 valence electrons. The van der Waals surface area contributed by atoms with Gasteiger partial charge in [0.1, 0.15) is 35.2 Å². The minimum Gasteiger partial charge on any atom is -0.487 e. The third kappa shape index (κ3) is 2.82. The molecular weight excluding hydrogens is 285 g/mol. The van der Waals surface area contributed by atoms with Crippen LogP contribution in [0, 0.1) is 5.82 Å². The van der Waals surface area contributed by atoms with Crippen molar-refractivity contribution in [2.24, 2.45) is 0 Å². The highest BCUT2D eigenvalue weighted by Crippen LogP contribution is 2.18. The van der Waals surface area contributed by atoms with E-state index in [1.165, 1.54) is 10.7 Å². The average Bonchev–Trinajstić information content (AvgIpc) is 2.97. The maximum Gasteiger partial charge on any atom is 0.148 e. The normalized spacial score (nSPS) is 10.6. The minimum atomic E-state index is -0.419. The van der Waals surface area contributed by atoms with Crippen LogP contribution in [0.25, 0.3) is 5.69 Å². The summed E-state index contributed by atoms with van der Waals surface area (Å²) in [6, 6.07) is 15.5. The molecule has 0 amide bonds. The lowest BCUT2D eigenvalue weighted by Gasteiger charge is -2.10. The van der Waals surface area contributed by atoms with E-state index in [1.54, 1.807) is 18.2 Å². The van der Waals surface area contributed by atoms with Gasteiger partial charge < -0.3 is 9.84 Å². The topological polar surface area (TPSA) is 60.2 Å². The second kappa shape index (κ2) is 6.36. The van der Waals surface area contributed by atoms with Gasteiger partial charge in [0, 0.05) is 0 Å². The standard InChI is InChI=1S/C16H14FN3O2/c17-13-8-4-5-9-15(13)20-16(14(10-21)18-19-20)11-22-12-6-2-1-3-7-12/h1-9,21H,10-11H2. The van der Waals surface area contributed by atoms with Gasteiger partial charge >= 0.3 is 0 Å². The molecule has 5 nitrogen and oxygen atoms in total. The van der Waals surface area contributed by atoms with E-state index in [9.17, 15) is 9.50 Å². The Morgan fingerprint density at radius 3 is 2.50 bits per heavy atom. The minimum absolute atomic E-state index is 0.126. The number of hydrogen-bond donors (Lipinski definition) is 1. The van der Waals surface area contributed by atoms with Crippen molar-refractivity contribution in [3.63, 3.8) is 0 Å². The van der Waals surface area contributed by atoms with Crippen molar-refractivity contribution in [3.05, 3.63) is 71.8 Å². The summed E-state index contributed by atoms with van der Waals surface area (Å²) in [5, 5.41) is 17.2. The van der Waals surface area contributed by atoms with E-state index in [2.05, 4.69) is 10.3 Å². The third-order valence-electron chi connectivity index (χ3n) is 3.19. The van der Waals surface area contributed by atoms with Gasteiger partial charge in [-0.3, -0.25) is 0 Å². The maximum absolute atomic E-state index is 13.9. The monoisotopic (exact) mass is 299 g/mol. The number of aromatic nitrogens is 3. The Bertz CT molecular complexity index is 759. The smallest absolute Gasteiger partial charge is 0.148 e. The van der Waals surface area contributed by atoms with Crippen LogP contribution in [0.1, 0.15) is 11.4 Å². The summed E-state index contributed by atoms with van der Waals surface area (Å²) in [5.74, 6) is 0.255. The zero-order valence-corrected chi connectivity index (χ0v) is 11.7. The van der Waals surface area contributed by atoms with Crippen LogP contribution in [-0.4, -0.2) is 20.1 Å². The lowest BCUT2D eigenvalue weighted by atomic mass is 10.2. The van der Waals surface area contributed by atoms with Crippen LogP contribution in [0.15, 0.2) is 54.6 Å². The van der Waals surface area contributed by atoms with Crippen LogP contribution in [-0.2, 0) is 13.2 Å². The maximum atomic E-state index is 13.9. The molecule has 1 heterocycles. The van der Waals surface area contributed by atoms with Crippen LogP contribution < -0.4 is 4.74 Å². The molecule has 0 saturated heterocycles. The predicted octanol–water partition coefficient (Wildman–Crippen LogP) is 2.48. The number of halogens is 1. The van der Waals surface area contributed by atoms with Gasteiger partial charge in [-0.25, -0.2) is 9.07 Å². The third-order valence-corrected chi connectivity index (χ3v) is 3.19. The molecule has 0 bridgehead atoms. The van der Waals surface area contributed by atoms with Gasteiger partial charge in [-0.1, -0.05) is 35.5 Å². The first kappa shape index (κ1) is 14.2. The molecule has 0 unspecified atom stereocenters. The van der Waals surface area contributed by atoms with Crippen molar-refractivity contribution >= 4 is 0 Å². The van der Waals surface area contributed by atoms with Crippen LogP contribution in [0.5, 0.6) is 5.75 Å². The summed E-state index contributed by atoms with van der Waals surface area (Å²) in [4.78, 5) is 0. The van der Waals surface area contributed by atoms with Gasteiger partial charge in [0.15, 0.2) is 0 Å². The molecular formula is C16H14FN3O2. The quantitative estimate of drug-likeness (QED) is 0.786. The highest BCUT2D eigenvalue weighted by molar-refractivity contribution is 5.35. The van der Waals surface area contributed by atoms with E-state index in [-0.39, 0.29) is 18.9 Å². The Morgan fingerprint density at radius 2 is 1.77 bits per heavy atom. The summed E-state index contributed by atoms with van der Waals surface area (Å²) >= 11 is 0. The van der Waals surface area contributed by atoms with Crippen LogP contribution in [0.2, 0.25) is 0 Å². The van der Waals surface area contributed by atoms with E-state index in [0.717, 1.165) is 0 Å². The predicted molar refractivity (Wildman–Crippen MR) is 78.0 cm³/mol. The van der Waals surface area contributed by atoms with Crippen LogP contribution >= 0.6 is 0 Å². The molecule has 0 aliphatic carbocycles. The van der Waals surface area contributed by atoms with Crippen molar-refractivity contribution in [1.29, 1.82) is 0 Å². The molecule has 1 N–H and O–H groups in total. The SMILES string of the molecule is OCc1nnn(-c2ccccc2F)c1COc1ccccc1. The van der Waals surface area contributed by atoms with E-state index >= 15 is 0 Å². The van der Waals surface area contributed by atoms with Gasteiger partial charge in [-0.15, -0.1) is 5.10 Å². The number of aliphatic hydroxyl groups excluding tert-OH is 1. The molecule has 0 saturated carbocycles. The van der Waals surface area contributed by atoms with Gasteiger partial charge in [0.2, 0.25) is 0 Å². The molecule has 0 atom stereocenters. The summed E-state index contributed by atoms with van der Waals surface area (Å²) in [5.41, 5.74) is 1.14. The summed E-state index contributed by atoms with van der Waals surface area (Å²) in [6.07, 6.45) is 0. The molecule has 3 rings (SSSR count). The van der Waals surface area contributed by atoms with Crippen LogP contribution in [0.4, 0.5) is 4.39 Å². The fourth-order valence-electron chi connectivity index (χ4n) is 2.09. The van der Waals surface area contributed by atoms with Gasteiger partial charge in [0.05, 0.1) is 6.61 Å². The van der Waals surface area contributed by atoms with E-state index in [4.69, 9.17) is 4.74 Å². The van der Waals surface area contributed by atoms with Crippen LogP contribution in [0.3, 0.4) is 0 Å². The molecule has 22 heavy (non-hydrogen) atoms. The number of nitrogens with zero attached hydrogens (tertiary/aromatic N) is 3. The van der Waals surface area contributed by atoms with Crippen molar-refractivity contribution in [2.45, 2.75) is 13.2 Å². The van der Waals surface area contributed by atoms with E-state index in [1.807, 2.05) is 30.3 Å². The second-order valence-corrected chi connectivity index (χ2v) is 4.61. The molecule has 6 heteroatoms. The fraction of sp³-hybridized carbons (Fsp3) is 0.125. The van der Waals surface area contributed by atoms with E-state index < -0.39 is 5.82 Å². The Labute approximate surface area is 126 Å². The highest BCUT2D eigenvalue weighted by Gasteiger charge is 2.16. The zero-order chi connectivity index (χ0) is 15.4. The average molecular weight is 299 g/mol. The van der Waals surface area contributed by atoms with Gasteiger partial charge in [-0.2, -0.15) is 0 Å². The number of aliphatic hydroxyl groups is 1. The largest absolute Gasteiger partial charge is 0.487 e. The van der Waals surface area contributed by atoms with E-state index in [0.29, 0.717) is 17.1 Å². The molecule has 0 aliphatic heterocycles. The van der Waals surface area contributed by atoms with Crippen molar-refractivity contribution in [1.82, 2.24) is 15.0 Å². The summed E-state index contributed by atoms with van der Waals surface area (Å²) in [7, 11) is 0. The first-order chi connectivity index (χ1) is 10.8. The molecule has 3 aromatic rings. The lowest BCUT2D eigenvalue weighted by Crippen LogP contribution is -2.09. The van der Waals surface area contributed by atoms with Crippen molar-refractivity contribution in [3.8, 4) is 11.4 Å². The summed E-state index contributed by atoms with van der Waals surface area (Å²) < 4.78 is 21.0. The fourth-order valence-corrected chi connectivity index (χ4v) is 2.09. The van der Waals surface area contributed by atoms with Crippen molar-refractivity contribution < 1.29 is 14.2 Å². The molecule has 0 aliphatic rings. The first-order valence-corrected chi connectivity index (χ1v) is 6.76. The molecule has 0 fully saturated rings. The Kier molecular flexibility index (Phi) is 4.11. The molecule has 0 radical (unpaired) electrons. The molecule has 1 aromatic heterocycles. The number of benzene rings is 2. The Balaban J connectivity index is 1.93. The first-order valence-electron chi connectivity index (χ1n) is 6.76. The number of rotatable bonds is 5. The Hall–Kier alpha value is -2.73. The zero-order valence-electron chi connectivity index (χ0n) is 11.7. The van der Waals surface area contributed by atoms with Gasteiger partial charge in [-0.05, 0) is 24.3 Å². The molecule has 2 aromatic carbocycles. The Morgan fingerprint density at radius 1 is 1.05 bits per heavy atom.